The molecule has 5 nitrogen and oxygen atoms in total. The van der Waals surface area contributed by atoms with E-state index in [2.05, 4.69) is 0 Å². The molecule has 0 aliphatic rings. The molecule has 0 unspecified atom stereocenters. The van der Waals surface area contributed by atoms with Gasteiger partial charge in [-0.25, -0.2) is 0 Å². The molecule has 0 saturated heterocycles. The lowest BCUT2D eigenvalue weighted by Gasteiger charge is -2.08. The maximum Gasteiger partial charge on any atom is 0.339 e. The number of benzene rings is 3. The number of halogens is 1. The Labute approximate surface area is 167 Å². The lowest BCUT2D eigenvalue weighted by molar-refractivity contribution is 0.101. The summed E-state index contributed by atoms with van der Waals surface area (Å²) in [5.74, 6) is -0.306. The summed E-state index contributed by atoms with van der Waals surface area (Å²) in [6, 6.07) is 17.7. The fourth-order valence-electron chi connectivity index (χ4n) is 2.46. The van der Waals surface area contributed by atoms with Gasteiger partial charge in [0.25, 0.3) is 0 Å². The second kappa shape index (κ2) is 7.96. The van der Waals surface area contributed by atoms with Crippen molar-refractivity contribution in [1.82, 2.24) is 0 Å². The van der Waals surface area contributed by atoms with Crippen LogP contribution in [-0.2, 0) is 10.1 Å². The maximum absolute atomic E-state index is 12.4. The van der Waals surface area contributed by atoms with Crippen molar-refractivity contribution >= 4 is 33.3 Å². The van der Waals surface area contributed by atoms with Crippen LogP contribution < -0.4 is 4.18 Å². The van der Waals surface area contributed by atoms with Crippen LogP contribution in [-0.4, -0.2) is 20.0 Å². The van der Waals surface area contributed by atoms with Gasteiger partial charge in [0, 0.05) is 21.7 Å². The van der Waals surface area contributed by atoms with E-state index >= 15 is 0 Å². The monoisotopic (exact) mass is 414 g/mol. The van der Waals surface area contributed by atoms with Crippen LogP contribution >= 0.6 is 11.6 Å². The molecule has 7 heteroatoms. The number of carbonyl (C=O) groups excluding carboxylic acids is 2. The molecule has 0 fully saturated rings. The van der Waals surface area contributed by atoms with Crippen molar-refractivity contribution in [3.8, 4) is 5.75 Å². The second-order valence-electron chi connectivity index (χ2n) is 5.98. The first-order valence-corrected chi connectivity index (χ1v) is 10.0. The molecule has 0 aliphatic heterocycles. The zero-order chi connectivity index (χ0) is 20.3. The molecule has 0 aromatic heterocycles. The zero-order valence-corrected chi connectivity index (χ0v) is 16.3. The van der Waals surface area contributed by atoms with Crippen molar-refractivity contribution in [2.24, 2.45) is 0 Å². The van der Waals surface area contributed by atoms with Crippen molar-refractivity contribution in [2.45, 2.75) is 11.8 Å². The highest BCUT2D eigenvalue weighted by molar-refractivity contribution is 7.87. The number of Topliss-reactive ketones (excluding diaryl/α,β-unsaturated/α-hetero) is 1. The van der Waals surface area contributed by atoms with Crippen LogP contribution in [0.2, 0.25) is 5.02 Å². The van der Waals surface area contributed by atoms with Crippen LogP contribution in [0.25, 0.3) is 0 Å². The van der Waals surface area contributed by atoms with Gasteiger partial charge >= 0.3 is 10.1 Å². The molecule has 3 aromatic carbocycles. The Morgan fingerprint density at radius 1 is 0.750 bits per heavy atom. The number of carbonyl (C=O) groups is 2. The summed E-state index contributed by atoms with van der Waals surface area (Å²) in [4.78, 5) is 23.7. The van der Waals surface area contributed by atoms with Crippen LogP contribution in [0, 0.1) is 0 Å². The zero-order valence-electron chi connectivity index (χ0n) is 14.8. The summed E-state index contributed by atoms with van der Waals surface area (Å²) in [6.07, 6.45) is 0. The number of hydrogen-bond acceptors (Lipinski definition) is 5. The highest BCUT2D eigenvalue weighted by Gasteiger charge is 2.17. The predicted octanol–water partition coefficient (Wildman–Crippen LogP) is 4.54. The summed E-state index contributed by atoms with van der Waals surface area (Å²) >= 11 is 5.82. The molecule has 0 bridgehead atoms. The molecule has 0 aliphatic carbocycles. The molecule has 0 N–H and O–H groups in total. The fraction of sp³-hybridized carbons (Fsp3) is 0.0476. The number of ketones is 2. The summed E-state index contributed by atoms with van der Waals surface area (Å²) in [5.41, 5.74) is 1.26. The molecular weight excluding hydrogens is 400 g/mol. The van der Waals surface area contributed by atoms with E-state index in [0.29, 0.717) is 21.7 Å². The third-order valence-corrected chi connectivity index (χ3v) is 5.49. The van der Waals surface area contributed by atoms with Gasteiger partial charge in [-0.05, 0) is 67.6 Å². The van der Waals surface area contributed by atoms with Crippen LogP contribution in [0.15, 0.2) is 77.7 Å². The summed E-state index contributed by atoms with van der Waals surface area (Å²) in [5, 5.41) is 0.529. The second-order valence-corrected chi connectivity index (χ2v) is 7.96. The van der Waals surface area contributed by atoms with Gasteiger partial charge in [-0.2, -0.15) is 8.42 Å². The maximum atomic E-state index is 12.4. The average molecular weight is 415 g/mol. The van der Waals surface area contributed by atoms with E-state index in [1.807, 2.05) is 0 Å². The summed E-state index contributed by atoms with van der Waals surface area (Å²) < 4.78 is 29.8. The highest BCUT2D eigenvalue weighted by Crippen LogP contribution is 2.21. The van der Waals surface area contributed by atoms with E-state index in [0.717, 1.165) is 0 Å². The number of hydrogen-bond donors (Lipinski definition) is 0. The summed E-state index contributed by atoms with van der Waals surface area (Å²) in [6.45, 7) is 1.40. The third kappa shape index (κ3) is 4.47. The minimum absolute atomic E-state index is 0.0705. The molecule has 0 amide bonds. The molecule has 3 rings (SSSR count). The van der Waals surface area contributed by atoms with Crippen LogP contribution in [0.3, 0.4) is 0 Å². The first-order valence-electron chi connectivity index (χ1n) is 8.22. The van der Waals surface area contributed by atoms with Gasteiger partial charge < -0.3 is 4.18 Å². The molecular formula is C21H15ClO5S. The van der Waals surface area contributed by atoms with E-state index in [9.17, 15) is 18.0 Å². The third-order valence-electron chi connectivity index (χ3n) is 3.98. The Kier molecular flexibility index (Phi) is 5.63. The van der Waals surface area contributed by atoms with E-state index in [1.54, 1.807) is 24.3 Å². The van der Waals surface area contributed by atoms with E-state index in [-0.39, 0.29) is 22.2 Å². The smallest absolute Gasteiger partial charge is 0.339 e. The van der Waals surface area contributed by atoms with Crippen molar-refractivity contribution in [2.75, 3.05) is 0 Å². The largest absolute Gasteiger partial charge is 0.379 e. The van der Waals surface area contributed by atoms with Crippen LogP contribution in [0.4, 0.5) is 0 Å². The Balaban J connectivity index is 1.77. The quantitative estimate of drug-likeness (QED) is 0.437. The standard InChI is InChI=1S/C21H15ClO5S/c1-14(23)15-6-12-20(13-7-15)28(25,26)27-19-10-4-17(5-11-19)21(24)16-2-8-18(22)9-3-16/h2-13H,1H3. The molecule has 0 heterocycles. The van der Waals surface area contributed by atoms with Crippen molar-refractivity contribution in [1.29, 1.82) is 0 Å². The van der Waals surface area contributed by atoms with Gasteiger partial charge in [-0.3, -0.25) is 9.59 Å². The first-order chi connectivity index (χ1) is 13.3. The van der Waals surface area contributed by atoms with E-state index < -0.39 is 10.1 Å². The van der Waals surface area contributed by atoms with Gasteiger partial charge in [0.05, 0.1) is 0 Å². The van der Waals surface area contributed by atoms with Crippen molar-refractivity contribution in [3.05, 3.63) is 94.5 Å². The predicted molar refractivity (Wildman–Crippen MR) is 106 cm³/mol. The van der Waals surface area contributed by atoms with Crippen molar-refractivity contribution < 1.29 is 22.2 Å². The van der Waals surface area contributed by atoms with E-state index in [4.69, 9.17) is 15.8 Å². The number of rotatable bonds is 6. The normalized spacial score (nSPS) is 11.1. The van der Waals surface area contributed by atoms with Gasteiger partial charge in [0.1, 0.15) is 10.6 Å². The minimum atomic E-state index is -4.06. The molecule has 3 aromatic rings. The Morgan fingerprint density at radius 3 is 1.71 bits per heavy atom. The Hall–Kier alpha value is -2.96. The molecule has 28 heavy (non-hydrogen) atoms. The first kappa shape index (κ1) is 19.8. The minimum Gasteiger partial charge on any atom is -0.379 e. The van der Waals surface area contributed by atoms with E-state index in [1.165, 1.54) is 55.5 Å². The molecule has 0 atom stereocenters. The molecule has 142 valence electrons. The SMILES string of the molecule is CC(=O)c1ccc(S(=O)(=O)Oc2ccc(C(=O)c3ccc(Cl)cc3)cc2)cc1. The molecule has 0 radical (unpaired) electrons. The average Bonchev–Trinajstić information content (AvgIpc) is 2.68. The lowest BCUT2D eigenvalue weighted by Crippen LogP contribution is -2.10. The molecule has 0 spiro atoms. The Bertz CT molecular complexity index is 1120. The Morgan fingerprint density at radius 2 is 1.21 bits per heavy atom. The van der Waals surface area contributed by atoms with Crippen LogP contribution in [0.1, 0.15) is 33.2 Å². The lowest BCUT2D eigenvalue weighted by atomic mass is 10.0. The topological polar surface area (TPSA) is 77.5 Å². The van der Waals surface area contributed by atoms with Crippen LogP contribution in [0.5, 0.6) is 5.75 Å². The highest BCUT2D eigenvalue weighted by atomic mass is 35.5. The van der Waals surface area contributed by atoms with Crippen molar-refractivity contribution in [3.63, 3.8) is 0 Å². The van der Waals surface area contributed by atoms with Gasteiger partial charge in [0.2, 0.25) is 0 Å². The van der Waals surface area contributed by atoms with Gasteiger partial charge in [-0.1, -0.05) is 23.7 Å². The van der Waals surface area contributed by atoms with Gasteiger partial charge in [0.15, 0.2) is 11.6 Å². The molecule has 0 saturated carbocycles. The summed E-state index contributed by atoms with van der Waals surface area (Å²) in [7, 11) is -4.06. The fourth-order valence-corrected chi connectivity index (χ4v) is 3.52. The van der Waals surface area contributed by atoms with Gasteiger partial charge in [-0.15, -0.1) is 0 Å².